The van der Waals surface area contributed by atoms with E-state index in [1.54, 1.807) is 0 Å². The average molecular weight is 401 g/mol. The van der Waals surface area contributed by atoms with E-state index in [-0.39, 0.29) is 30.9 Å². The normalized spacial score (nSPS) is 27.0. The van der Waals surface area contributed by atoms with Crippen LogP contribution in [0.25, 0.3) is 0 Å². The second-order valence-corrected chi connectivity index (χ2v) is 8.48. The summed E-state index contributed by atoms with van der Waals surface area (Å²) in [4.78, 5) is 38.7. The Morgan fingerprint density at radius 1 is 1.17 bits per heavy atom. The van der Waals surface area contributed by atoms with E-state index in [0.717, 1.165) is 24.8 Å². The highest BCUT2D eigenvalue weighted by Crippen LogP contribution is 2.35. The Morgan fingerprint density at radius 2 is 1.93 bits per heavy atom. The molecular weight excluding hydrogens is 368 g/mol. The molecule has 1 saturated heterocycles. The highest BCUT2D eigenvalue weighted by Gasteiger charge is 2.42. The monoisotopic (exact) mass is 400 g/mol. The highest BCUT2D eigenvalue weighted by molar-refractivity contribution is 5.88. The first-order valence-corrected chi connectivity index (χ1v) is 10.7. The minimum atomic E-state index is -0.468. The first kappa shape index (κ1) is 21.3. The van der Waals surface area contributed by atoms with Crippen molar-refractivity contribution < 1.29 is 19.1 Å². The molecule has 1 saturated carbocycles. The Labute approximate surface area is 173 Å². The largest absolute Gasteiger partial charge is 0.455 e. The zero-order valence-electron chi connectivity index (χ0n) is 17.4. The Bertz CT molecular complexity index is 721. The minimum Gasteiger partial charge on any atom is -0.455 e. The van der Waals surface area contributed by atoms with Gasteiger partial charge in [0.25, 0.3) is 5.91 Å². The third kappa shape index (κ3) is 5.58. The molecule has 158 valence electrons. The lowest BCUT2D eigenvalue weighted by Gasteiger charge is -2.39. The van der Waals surface area contributed by atoms with Crippen LogP contribution < -0.4 is 5.32 Å². The van der Waals surface area contributed by atoms with E-state index in [2.05, 4.69) is 19.2 Å². The molecule has 1 N–H and O–H groups in total. The van der Waals surface area contributed by atoms with Crippen molar-refractivity contribution in [2.75, 3.05) is 19.7 Å². The summed E-state index contributed by atoms with van der Waals surface area (Å²) in [7, 11) is 0. The van der Waals surface area contributed by atoms with Crippen LogP contribution in [0.5, 0.6) is 0 Å². The number of likely N-dealkylation sites (tertiary alicyclic amines) is 1. The maximum atomic E-state index is 12.5. The standard InChI is InChI=1S/C23H32N2O4/c1-16-7-6-10-20(17(16)2)25-14-19(13-22(25)27)23(28)29-15-21(26)24-12-11-18-8-4-3-5-9-18/h3-5,8-9,16-17,19-20H,6-7,10-15H2,1-2H3,(H,24,26)/t16-,17+,19+,20+/m0/s1. The number of carbonyl (C=O) groups is 3. The first-order valence-electron chi connectivity index (χ1n) is 10.7. The van der Waals surface area contributed by atoms with Crippen LogP contribution in [0.4, 0.5) is 0 Å². The summed E-state index contributed by atoms with van der Waals surface area (Å²) in [6.07, 6.45) is 4.24. The molecule has 1 aliphatic heterocycles. The average Bonchev–Trinajstić information content (AvgIpc) is 3.10. The van der Waals surface area contributed by atoms with Crippen molar-refractivity contribution >= 4 is 17.8 Å². The number of ether oxygens (including phenoxy) is 1. The lowest BCUT2D eigenvalue weighted by molar-refractivity contribution is -0.152. The Hall–Kier alpha value is -2.37. The number of nitrogens with one attached hydrogen (secondary N) is 1. The van der Waals surface area contributed by atoms with Crippen molar-refractivity contribution in [1.29, 1.82) is 0 Å². The Kier molecular flexibility index (Phi) is 7.29. The number of nitrogens with zero attached hydrogens (tertiary/aromatic N) is 1. The summed E-state index contributed by atoms with van der Waals surface area (Å²) < 4.78 is 5.19. The zero-order valence-corrected chi connectivity index (χ0v) is 17.4. The number of rotatable bonds is 7. The second-order valence-electron chi connectivity index (χ2n) is 8.48. The molecule has 3 rings (SSSR count). The lowest BCUT2D eigenvalue weighted by Crippen LogP contribution is -2.45. The van der Waals surface area contributed by atoms with Crippen molar-refractivity contribution in [1.82, 2.24) is 10.2 Å². The lowest BCUT2D eigenvalue weighted by atomic mass is 9.77. The molecule has 0 spiro atoms. The fraction of sp³-hybridized carbons (Fsp3) is 0.609. The molecule has 0 radical (unpaired) electrons. The third-order valence-electron chi connectivity index (χ3n) is 6.48. The summed E-state index contributed by atoms with van der Waals surface area (Å²) >= 11 is 0. The van der Waals surface area contributed by atoms with E-state index in [4.69, 9.17) is 4.74 Å². The summed E-state index contributed by atoms with van der Waals surface area (Å²) in [5.41, 5.74) is 1.14. The number of amides is 2. The number of hydrogen-bond acceptors (Lipinski definition) is 4. The molecule has 0 bridgehead atoms. The minimum absolute atomic E-state index is 0.0326. The summed E-state index contributed by atoms with van der Waals surface area (Å²) in [5.74, 6) is -0.167. The molecule has 6 nitrogen and oxygen atoms in total. The van der Waals surface area contributed by atoms with E-state index >= 15 is 0 Å². The van der Waals surface area contributed by atoms with Crippen LogP contribution in [0.15, 0.2) is 30.3 Å². The molecule has 1 aromatic rings. The van der Waals surface area contributed by atoms with Crippen LogP contribution in [-0.2, 0) is 25.5 Å². The van der Waals surface area contributed by atoms with Gasteiger partial charge in [-0.2, -0.15) is 0 Å². The molecule has 0 unspecified atom stereocenters. The van der Waals surface area contributed by atoms with E-state index in [1.807, 2.05) is 35.2 Å². The van der Waals surface area contributed by atoms with E-state index in [9.17, 15) is 14.4 Å². The quantitative estimate of drug-likeness (QED) is 0.714. The van der Waals surface area contributed by atoms with Gasteiger partial charge < -0.3 is 15.0 Å². The molecule has 4 atom stereocenters. The number of esters is 1. The van der Waals surface area contributed by atoms with E-state index in [0.29, 0.717) is 24.9 Å². The van der Waals surface area contributed by atoms with Crippen LogP contribution in [0.2, 0.25) is 0 Å². The van der Waals surface area contributed by atoms with Crippen LogP contribution in [0, 0.1) is 17.8 Å². The fourth-order valence-electron chi connectivity index (χ4n) is 4.50. The van der Waals surface area contributed by atoms with Gasteiger partial charge in [-0.25, -0.2) is 0 Å². The van der Waals surface area contributed by atoms with Gasteiger partial charge in [-0.3, -0.25) is 14.4 Å². The van der Waals surface area contributed by atoms with Crippen LogP contribution in [0.3, 0.4) is 0 Å². The van der Waals surface area contributed by atoms with E-state index in [1.165, 1.54) is 6.42 Å². The summed E-state index contributed by atoms with van der Waals surface area (Å²) in [6, 6.07) is 10.1. The van der Waals surface area contributed by atoms with Crippen LogP contribution in [0.1, 0.15) is 45.1 Å². The van der Waals surface area contributed by atoms with Gasteiger partial charge >= 0.3 is 5.97 Å². The highest BCUT2D eigenvalue weighted by atomic mass is 16.5. The number of hydrogen-bond donors (Lipinski definition) is 1. The summed E-state index contributed by atoms with van der Waals surface area (Å²) in [6.45, 7) is 5.05. The van der Waals surface area contributed by atoms with Gasteiger partial charge in [0.05, 0.1) is 5.92 Å². The number of carbonyl (C=O) groups excluding carboxylic acids is 3. The van der Waals surface area contributed by atoms with Crippen LogP contribution >= 0.6 is 0 Å². The molecule has 2 aliphatic rings. The molecule has 1 heterocycles. The zero-order chi connectivity index (χ0) is 20.8. The van der Waals surface area contributed by atoms with Gasteiger partial charge in [0.1, 0.15) is 0 Å². The van der Waals surface area contributed by atoms with Gasteiger partial charge in [0.15, 0.2) is 6.61 Å². The van der Waals surface area contributed by atoms with Gasteiger partial charge in [-0.05, 0) is 30.2 Å². The van der Waals surface area contributed by atoms with Crippen molar-refractivity contribution in [2.24, 2.45) is 17.8 Å². The SMILES string of the molecule is C[C@H]1[C@H](N2C[C@H](C(=O)OCC(=O)NCCc3ccccc3)CC2=O)CCC[C@@H]1C. The van der Waals surface area contributed by atoms with Gasteiger partial charge in [-0.15, -0.1) is 0 Å². The third-order valence-corrected chi connectivity index (χ3v) is 6.48. The summed E-state index contributed by atoms with van der Waals surface area (Å²) in [5, 5.41) is 2.76. The smallest absolute Gasteiger partial charge is 0.311 e. The van der Waals surface area contributed by atoms with E-state index < -0.39 is 11.9 Å². The molecule has 2 fully saturated rings. The second kappa shape index (κ2) is 9.90. The molecule has 1 aromatic carbocycles. The van der Waals surface area contributed by atoms with Crippen molar-refractivity contribution in [3.8, 4) is 0 Å². The van der Waals surface area contributed by atoms with Crippen molar-refractivity contribution in [3.63, 3.8) is 0 Å². The Balaban J connectivity index is 1.40. The molecule has 2 amide bonds. The predicted molar refractivity (Wildman–Crippen MR) is 110 cm³/mol. The molecular formula is C23H32N2O4. The molecule has 6 heteroatoms. The first-order chi connectivity index (χ1) is 14.0. The van der Waals surface area contributed by atoms with Crippen molar-refractivity contribution in [2.45, 2.75) is 52.0 Å². The predicted octanol–water partition coefficient (Wildman–Crippen LogP) is 2.56. The molecule has 1 aliphatic carbocycles. The van der Waals surface area contributed by atoms with Gasteiger partial charge in [0.2, 0.25) is 5.91 Å². The van der Waals surface area contributed by atoms with Crippen molar-refractivity contribution in [3.05, 3.63) is 35.9 Å². The van der Waals surface area contributed by atoms with Gasteiger partial charge in [-0.1, -0.05) is 57.0 Å². The Morgan fingerprint density at radius 3 is 2.69 bits per heavy atom. The van der Waals surface area contributed by atoms with Crippen LogP contribution in [-0.4, -0.2) is 48.4 Å². The van der Waals surface area contributed by atoms with Gasteiger partial charge in [0, 0.05) is 25.6 Å². The maximum Gasteiger partial charge on any atom is 0.311 e. The topological polar surface area (TPSA) is 75.7 Å². The molecule has 29 heavy (non-hydrogen) atoms. The molecule has 0 aromatic heterocycles. The fourth-order valence-corrected chi connectivity index (χ4v) is 4.50. The number of benzene rings is 1. The maximum absolute atomic E-state index is 12.5.